The van der Waals surface area contributed by atoms with Crippen LogP contribution in [-0.4, -0.2) is 42.3 Å². The fourth-order valence-corrected chi connectivity index (χ4v) is 4.31. The van der Waals surface area contributed by atoms with Gasteiger partial charge in [0.25, 0.3) is 0 Å². The lowest BCUT2D eigenvalue weighted by Gasteiger charge is -2.22. The van der Waals surface area contributed by atoms with Gasteiger partial charge in [0, 0.05) is 31.4 Å². The number of benzene rings is 1. The van der Waals surface area contributed by atoms with Crippen molar-refractivity contribution in [3.8, 4) is 0 Å². The van der Waals surface area contributed by atoms with Crippen LogP contribution in [0.5, 0.6) is 0 Å². The number of thioether (sulfide) groups is 1. The SMILES string of the molecule is Cn1c(C2CSCCN2)nc2c(S(C)(=O)=O)cccc21. The molecule has 1 aliphatic heterocycles. The molecule has 0 radical (unpaired) electrons. The van der Waals surface area contributed by atoms with Crippen molar-refractivity contribution in [1.82, 2.24) is 14.9 Å². The number of hydrogen-bond acceptors (Lipinski definition) is 5. The van der Waals surface area contributed by atoms with E-state index in [1.807, 2.05) is 29.4 Å². The van der Waals surface area contributed by atoms with Crippen molar-refractivity contribution in [2.45, 2.75) is 10.9 Å². The van der Waals surface area contributed by atoms with Crippen LogP contribution in [0.1, 0.15) is 11.9 Å². The molecule has 1 atom stereocenters. The van der Waals surface area contributed by atoms with Gasteiger partial charge in [-0.25, -0.2) is 13.4 Å². The number of nitrogens with one attached hydrogen (secondary N) is 1. The van der Waals surface area contributed by atoms with Gasteiger partial charge in [-0.05, 0) is 12.1 Å². The molecule has 3 rings (SSSR count). The van der Waals surface area contributed by atoms with E-state index in [9.17, 15) is 8.42 Å². The maximum absolute atomic E-state index is 11.9. The molecule has 20 heavy (non-hydrogen) atoms. The summed E-state index contributed by atoms with van der Waals surface area (Å²) < 4.78 is 25.7. The van der Waals surface area contributed by atoms with Crippen molar-refractivity contribution in [2.75, 3.05) is 24.3 Å². The summed E-state index contributed by atoms with van der Waals surface area (Å²) in [5.74, 6) is 2.98. The van der Waals surface area contributed by atoms with Crippen LogP contribution in [0.2, 0.25) is 0 Å². The Balaban J connectivity index is 2.19. The largest absolute Gasteiger partial charge is 0.330 e. The molecular formula is C13H17N3O2S2. The molecule has 108 valence electrons. The van der Waals surface area contributed by atoms with Crippen LogP contribution in [0.3, 0.4) is 0 Å². The molecule has 1 fully saturated rings. The third kappa shape index (κ3) is 2.34. The van der Waals surface area contributed by atoms with Crippen LogP contribution in [0, 0.1) is 0 Å². The molecule has 0 aliphatic carbocycles. The summed E-state index contributed by atoms with van der Waals surface area (Å²) in [4.78, 5) is 4.92. The van der Waals surface area contributed by atoms with E-state index in [2.05, 4.69) is 10.3 Å². The lowest BCUT2D eigenvalue weighted by atomic mass is 10.3. The zero-order chi connectivity index (χ0) is 14.3. The summed E-state index contributed by atoms with van der Waals surface area (Å²) in [7, 11) is -1.32. The van der Waals surface area contributed by atoms with Crippen LogP contribution in [-0.2, 0) is 16.9 Å². The lowest BCUT2D eigenvalue weighted by molar-refractivity contribution is 0.549. The van der Waals surface area contributed by atoms with Crippen molar-refractivity contribution >= 4 is 32.6 Å². The van der Waals surface area contributed by atoms with Gasteiger partial charge >= 0.3 is 0 Å². The maximum Gasteiger partial charge on any atom is 0.177 e. The molecule has 1 N–H and O–H groups in total. The molecule has 1 aromatic carbocycles. The van der Waals surface area contributed by atoms with Gasteiger partial charge in [0.15, 0.2) is 9.84 Å². The summed E-state index contributed by atoms with van der Waals surface area (Å²) in [6, 6.07) is 5.49. The van der Waals surface area contributed by atoms with Gasteiger partial charge in [0.05, 0.1) is 16.5 Å². The zero-order valence-electron chi connectivity index (χ0n) is 11.5. The number of fused-ring (bicyclic) bond motifs is 1. The molecule has 1 saturated heterocycles. The molecule has 7 heteroatoms. The van der Waals surface area contributed by atoms with E-state index in [0.717, 1.165) is 29.4 Å². The molecule has 0 spiro atoms. The van der Waals surface area contributed by atoms with E-state index in [4.69, 9.17) is 0 Å². The highest BCUT2D eigenvalue weighted by molar-refractivity contribution is 7.99. The molecule has 1 aromatic heterocycles. The van der Waals surface area contributed by atoms with Crippen LogP contribution < -0.4 is 5.32 Å². The Labute approximate surface area is 122 Å². The minimum atomic E-state index is -3.27. The number of sulfone groups is 1. The topological polar surface area (TPSA) is 64.0 Å². The molecule has 0 amide bonds. The van der Waals surface area contributed by atoms with Gasteiger partial charge in [-0.3, -0.25) is 0 Å². The van der Waals surface area contributed by atoms with E-state index >= 15 is 0 Å². The fraction of sp³-hybridized carbons (Fsp3) is 0.462. The van der Waals surface area contributed by atoms with E-state index in [-0.39, 0.29) is 6.04 Å². The van der Waals surface area contributed by atoms with Gasteiger partial charge in [0.2, 0.25) is 0 Å². The second-order valence-electron chi connectivity index (χ2n) is 5.01. The average molecular weight is 311 g/mol. The Hall–Kier alpha value is -1.05. The number of para-hydroxylation sites is 1. The smallest absolute Gasteiger partial charge is 0.177 e. The first-order chi connectivity index (χ1) is 9.48. The Kier molecular flexibility index (Phi) is 3.51. The number of aryl methyl sites for hydroxylation is 1. The van der Waals surface area contributed by atoms with Crippen LogP contribution in [0.15, 0.2) is 23.1 Å². The van der Waals surface area contributed by atoms with Gasteiger partial charge in [-0.2, -0.15) is 11.8 Å². The van der Waals surface area contributed by atoms with Crippen molar-refractivity contribution in [1.29, 1.82) is 0 Å². The van der Waals surface area contributed by atoms with Crippen LogP contribution in [0.4, 0.5) is 0 Å². The molecular weight excluding hydrogens is 294 g/mol. The standard InChI is InChI=1S/C13H17N3O2S2/c1-16-10-4-3-5-11(20(2,17)18)12(10)15-13(16)9-8-19-7-6-14-9/h3-5,9,14H,6-8H2,1-2H3. The van der Waals surface area contributed by atoms with Crippen molar-refractivity contribution in [3.05, 3.63) is 24.0 Å². The van der Waals surface area contributed by atoms with E-state index in [1.165, 1.54) is 6.26 Å². The monoisotopic (exact) mass is 311 g/mol. The lowest BCUT2D eigenvalue weighted by Crippen LogP contribution is -2.32. The summed E-state index contributed by atoms with van der Waals surface area (Å²) in [6.07, 6.45) is 1.23. The Morgan fingerprint density at radius 2 is 2.25 bits per heavy atom. The molecule has 1 aliphatic rings. The van der Waals surface area contributed by atoms with E-state index in [1.54, 1.807) is 12.1 Å². The molecule has 0 bridgehead atoms. The quantitative estimate of drug-likeness (QED) is 0.907. The maximum atomic E-state index is 11.9. The van der Waals surface area contributed by atoms with Crippen molar-refractivity contribution in [3.63, 3.8) is 0 Å². The minimum absolute atomic E-state index is 0.179. The first-order valence-electron chi connectivity index (χ1n) is 6.45. The van der Waals surface area contributed by atoms with E-state index < -0.39 is 9.84 Å². The zero-order valence-corrected chi connectivity index (χ0v) is 13.1. The van der Waals surface area contributed by atoms with Crippen molar-refractivity contribution < 1.29 is 8.42 Å². The van der Waals surface area contributed by atoms with Gasteiger partial charge in [0.1, 0.15) is 11.3 Å². The second-order valence-corrected chi connectivity index (χ2v) is 8.14. The van der Waals surface area contributed by atoms with Crippen LogP contribution in [0.25, 0.3) is 11.0 Å². The van der Waals surface area contributed by atoms with Gasteiger partial charge in [-0.15, -0.1) is 0 Å². The van der Waals surface area contributed by atoms with Crippen molar-refractivity contribution in [2.24, 2.45) is 7.05 Å². The number of nitrogens with zero attached hydrogens (tertiary/aromatic N) is 2. The highest BCUT2D eigenvalue weighted by Gasteiger charge is 2.23. The predicted octanol–water partition coefficient (Wildman–Crippen LogP) is 1.35. The number of hydrogen-bond donors (Lipinski definition) is 1. The Morgan fingerprint density at radius 3 is 2.90 bits per heavy atom. The second kappa shape index (κ2) is 5.05. The third-order valence-electron chi connectivity index (χ3n) is 3.54. The van der Waals surface area contributed by atoms with Gasteiger partial charge in [-0.1, -0.05) is 6.07 Å². The first-order valence-corrected chi connectivity index (χ1v) is 9.49. The Bertz CT molecular complexity index is 746. The summed E-state index contributed by atoms with van der Waals surface area (Å²) >= 11 is 1.89. The molecule has 5 nitrogen and oxygen atoms in total. The molecule has 2 heterocycles. The Morgan fingerprint density at radius 1 is 1.45 bits per heavy atom. The fourth-order valence-electron chi connectivity index (χ4n) is 2.55. The normalized spacial score (nSPS) is 20.4. The third-order valence-corrected chi connectivity index (χ3v) is 5.73. The van der Waals surface area contributed by atoms with Crippen LogP contribution >= 0.6 is 11.8 Å². The summed E-state index contributed by atoms with van der Waals surface area (Å²) in [6.45, 7) is 0.956. The first kappa shape index (κ1) is 13.9. The minimum Gasteiger partial charge on any atom is -0.330 e. The number of imidazole rings is 1. The molecule has 2 aromatic rings. The summed E-state index contributed by atoms with van der Waals surface area (Å²) in [5.41, 5.74) is 1.44. The summed E-state index contributed by atoms with van der Waals surface area (Å²) in [5, 5.41) is 3.44. The number of aromatic nitrogens is 2. The predicted molar refractivity (Wildman–Crippen MR) is 81.9 cm³/mol. The highest BCUT2D eigenvalue weighted by Crippen LogP contribution is 2.28. The number of rotatable bonds is 2. The van der Waals surface area contributed by atoms with Gasteiger partial charge < -0.3 is 9.88 Å². The highest BCUT2D eigenvalue weighted by atomic mass is 32.2. The average Bonchev–Trinajstić information content (AvgIpc) is 2.76. The molecule has 1 unspecified atom stereocenters. The van der Waals surface area contributed by atoms with E-state index in [0.29, 0.717) is 10.4 Å². The molecule has 0 saturated carbocycles.